The number of methoxy groups -OCH3 is 1. The molecule has 0 spiro atoms. The van der Waals surface area contributed by atoms with Gasteiger partial charge in [0, 0.05) is 43.0 Å². The molecule has 1 fully saturated rings. The van der Waals surface area contributed by atoms with Crippen molar-refractivity contribution in [3.63, 3.8) is 0 Å². The van der Waals surface area contributed by atoms with Crippen LogP contribution in [-0.4, -0.2) is 61.6 Å². The fourth-order valence-corrected chi connectivity index (χ4v) is 3.64. The molecule has 1 aliphatic heterocycles. The van der Waals surface area contributed by atoms with E-state index in [1.807, 2.05) is 25.1 Å². The zero-order chi connectivity index (χ0) is 22.9. The number of nitrogens with one attached hydrogen (secondary N) is 1. The van der Waals surface area contributed by atoms with Crippen LogP contribution in [0.2, 0.25) is 5.02 Å². The number of hydrogen-bond acceptors (Lipinski definition) is 4. The number of halogens is 1. The highest BCUT2D eigenvalue weighted by Gasteiger charge is 2.21. The van der Waals surface area contributed by atoms with Gasteiger partial charge in [-0.25, -0.2) is 4.79 Å². The van der Waals surface area contributed by atoms with Crippen LogP contribution in [0.1, 0.15) is 18.9 Å². The van der Waals surface area contributed by atoms with E-state index in [9.17, 15) is 9.59 Å². The number of ether oxygens (including phenoxy) is 2. The van der Waals surface area contributed by atoms with E-state index >= 15 is 0 Å². The zero-order valence-corrected chi connectivity index (χ0v) is 19.1. The topological polar surface area (TPSA) is 71.1 Å². The van der Waals surface area contributed by atoms with Crippen LogP contribution in [0, 0.1) is 0 Å². The van der Waals surface area contributed by atoms with E-state index in [0.29, 0.717) is 61.4 Å². The van der Waals surface area contributed by atoms with Crippen molar-refractivity contribution in [1.29, 1.82) is 0 Å². The lowest BCUT2D eigenvalue weighted by Gasteiger charge is -2.22. The Balaban J connectivity index is 1.57. The summed E-state index contributed by atoms with van der Waals surface area (Å²) >= 11 is 5.98. The van der Waals surface area contributed by atoms with E-state index in [1.54, 1.807) is 53.3 Å². The van der Waals surface area contributed by atoms with Crippen molar-refractivity contribution in [1.82, 2.24) is 9.80 Å². The van der Waals surface area contributed by atoms with Gasteiger partial charge in [0.15, 0.2) is 11.5 Å². The Hall–Kier alpha value is -3.19. The van der Waals surface area contributed by atoms with E-state index in [1.165, 1.54) is 0 Å². The highest BCUT2D eigenvalue weighted by atomic mass is 35.5. The first kappa shape index (κ1) is 23.5. The SMILES string of the molecule is CCOc1cc(/C=C\C(=O)N2CCCN(C(=O)Nc3cccc(Cl)c3)CC2)ccc1OC. The molecule has 3 amide bonds. The Morgan fingerprint density at radius 1 is 1.06 bits per heavy atom. The predicted molar refractivity (Wildman–Crippen MR) is 126 cm³/mol. The van der Waals surface area contributed by atoms with Crippen LogP contribution in [0.4, 0.5) is 10.5 Å². The molecule has 2 aromatic carbocycles. The minimum atomic E-state index is -0.196. The van der Waals surface area contributed by atoms with Crippen LogP contribution < -0.4 is 14.8 Å². The summed E-state index contributed by atoms with van der Waals surface area (Å²) in [5.41, 5.74) is 1.49. The third-order valence-electron chi connectivity index (χ3n) is 5.08. The van der Waals surface area contributed by atoms with Gasteiger partial charge in [0.25, 0.3) is 0 Å². The summed E-state index contributed by atoms with van der Waals surface area (Å²) in [6.07, 6.45) is 4.03. The first-order valence-corrected chi connectivity index (χ1v) is 11.0. The average Bonchev–Trinajstić information content (AvgIpc) is 3.04. The first-order valence-electron chi connectivity index (χ1n) is 10.6. The number of amides is 3. The quantitative estimate of drug-likeness (QED) is 0.647. The lowest BCUT2D eigenvalue weighted by Crippen LogP contribution is -2.39. The van der Waals surface area contributed by atoms with Gasteiger partial charge in [-0.15, -0.1) is 0 Å². The van der Waals surface area contributed by atoms with Crippen molar-refractivity contribution < 1.29 is 19.1 Å². The average molecular weight is 458 g/mol. The molecular formula is C24H28ClN3O4. The second-order valence-electron chi connectivity index (χ2n) is 7.28. The second kappa shape index (κ2) is 11.4. The molecule has 0 radical (unpaired) electrons. The van der Waals surface area contributed by atoms with Crippen LogP contribution >= 0.6 is 11.6 Å². The summed E-state index contributed by atoms with van der Waals surface area (Å²) < 4.78 is 10.9. The highest BCUT2D eigenvalue weighted by Crippen LogP contribution is 2.28. The monoisotopic (exact) mass is 457 g/mol. The van der Waals surface area contributed by atoms with Gasteiger partial charge < -0.3 is 24.6 Å². The normalized spacial score (nSPS) is 14.2. The summed E-state index contributed by atoms with van der Waals surface area (Å²) in [4.78, 5) is 28.8. The van der Waals surface area contributed by atoms with E-state index in [0.717, 1.165) is 5.56 Å². The molecule has 32 heavy (non-hydrogen) atoms. The largest absolute Gasteiger partial charge is 0.493 e. The Labute approximate surface area is 193 Å². The van der Waals surface area contributed by atoms with Crippen LogP contribution in [0.25, 0.3) is 6.08 Å². The van der Waals surface area contributed by atoms with Crippen molar-refractivity contribution in [2.24, 2.45) is 0 Å². The molecule has 1 heterocycles. The molecule has 3 rings (SSSR count). The summed E-state index contributed by atoms with van der Waals surface area (Å²) in [6.45, 7) is 4.54. The lowest BCUT2D eigenvalue weighted by molar-refractivity contribution is -0.125. The first-order chi connectivity index (χ1) is 15.5. The molecule has 0 aliphatic carbocycles. The van der Waals surface area contributed by atoms with E-state index in [2.05, 4.69) is 5.32 Å². The van der Waals surface area contributed by atoms with Gasteiger partial charge >= 0.3 is 6.03 Å². The molecule has 0 bridgehead atoms. The van der Waals surface area contributed by atoms with Crippen molar-refractivity contribution in [3.05, 3.63) is 59.1 Å². The standard InChI is InChI=1S/C24H28ClN3O4/c1-3-32-22-16-18(8-10-21(22)31-2)9-11-23(29)27-12-5-13-28(15-14-27)24(30)26-20-7-4-6-19(25)17-20/h4,6-11,16-17H,3,5,12-15H2,1-2H3,(H,26,30)/b11-9-. The van der Waals surface area contributed by atoms with Crippen LogP contribution in [0.3, 0.4) is 0 Å². The summed E-state index contributed by atoms with van der Waals surface area (Å²) in [7, 11) is 1.59. The molecule has 170 valence electrons. The number of carbonyl (C=O) groups excluding carboxylic acids is 2. The number of hydrogen-bond donors (Lipinski definition) is 1. The third kappa shape index (κ3) is 6.40. The number of nitrogens with zero attached hydrogens (tertiary/aromatic N) is 2. The molecule has 1 aliphatic rings. The Morgan fingerprint density at radius 2 is 1.84 bits per heavy atom. The maximum atomic E-state index is 12.7. The van der Waals surface area contributed by atoms with Gasteiger partial charge in [-0.1, -0.05) is 23.7 Å². The predicted octanol–water partition coefficient (Wildman–Crippen LogP) is 4.53. The number of benzene rings is 2. The van der Waals surface area contributed by atoms with Crippen LogP contribution in [-0.2, 0) is 4.79 Å². The Kier molecular flexibility index (Phi) is 8.39. The minimum absolute atomic E-state index is 0.0872. The van der Waals surface area contributed by atoms with Gasteiger partial charge in [0.1, 0.15) is 0 Å². The fraction of sp³-hybridized carbons (Fsp3) is 0.333. The molecule has 0 atom stereocenters. The van der Waals surface area contributed by atoms with Crippen LogP contribution in [0.5, 0.6) is 11.5 Å². The molecule has 0 aromatic heterocycles. The summed E-state index contributed by atoms with van der Waals surface area (Å²) in [5, 5.41) is 3.42. The maximum Gasteiger partial charge on any atom is 0.321 e. The van der Waals surface area contributed by atoms with Gasteiger partial charge in [-0.05, 0) is 55.3 Å². The number of anilines is 1. The smallest absolute Gasteiger partial charge is 0.321 e. The van der Waals surface area contributed by atoms with Gasteiger partial charge in [0.05, 0.1) is 13.7 Å². The molecule has 8 heteroatoms. The van der Waals surface area contributed by atoms with E-state index < -0.39 is 0 Å². The minimum Gasteiger partial charge on any atom is -0.493 e. The summed E-state index contributed by atoms with van der Waals surface area (Å²) in [5.74, 6) is 1.20. The molecular weight excluding hydrogens is 430 g/mol. The molecule has 1 N–H and O–H groups in total. The van der Waals surface area contributed by atoms with Gasteiger partial charge in [0.2, 0.25) is 5.91 Å². The molecule has 2 aromatic rings. The Morgan fingerprint density at radius 3 is 2.59 bits per heavy atom. The highest BCUT2D eigenvalue weighted by molar-refractivity contribution is 6.30. The van der Waals surface area contributed by atoms with Gasteiger partial charge in [-0.2, -0.15) is 0 Å². The van der Waals surface area contributed by atoms with E-state index in [4.69, 9.17) is 21.1 Å². The fourth-order valence-electron chi connectivity index (χ4n) is 3.45. The summed E-state index contributed by atoms with van der Waals surface area (Å²) in [6, 6.07) is 12.4. The molecule has 7 nitrogen and oxygen atoms in total. The van der Waals surface area contributed by atoms with Crippen molar-refractivity contribution >= 4 is 35.3 Å². The zero-order valence-electron chi connectivity index (χ0n) is 18.3. The van der Waals surface area contributed by atoms with Gasteiger partial charge in [-0.3, -0.25) is 4.79 Å². The Bertz CT molecular complexity index is 979. The maximum absolute atomic E-state index is 12.7. The molecule has 0 saturated carbocycles. The van der Waals surface area contributed by atoms with E-state index in [-0.39, 0.29) is 11.9 Å². The lowest BCUT2D eigenvalue weighted by atomic mass is 10.2. The van der Waals surface area contributed by atoms with Crippen molar-refractivity contribution in [3.8, 4) is 11.5 Å². The number of urea groups is 1. The number of carbonyl (C=O) groups is 2. The third-order valence-corrected chi connectivity index (χ3v) is 5.31. The second-order valence-corrected chi connectivity index (χ2v) is 7.72. The molecule has 0 unspecified atom stereocenters. The number of rotatable bonds is 6. The van der Waals surface area contributed by atoms with Crippen molar-refractivity contribution in [2.45, 2.75) is 13.3 Å². The van der Waals surface area contributed by atoms with Crippen LogP contribution in [0.15, 0.2) is 48.5 Å². The molecule has 1 saturated heterocycles. The van der Waals surface area contributed by atoms with Crippen molar-refractivity contribution in [2.75, 3.05) is 45.2 Å².